The van der Waals surface area contributed by atoms with Crippen LogP contribution < -0.4 is 5.32 Å². The minimum atomic E-state index is 0.352. The highest BCUT2D eigenvalue weighted by Gasteiger charge is 2.28. The lowest BCUT2D eigenvalue weighted by molar-refractivity contribution is -0.0389. The Bertz CT molecular complexity index is 219. The fourth-order valence-electron chi connectivity index (χ4n) is 2.35. The van der Waals surface area contributed by atoms with Gasteiger partial charge in [0.25, 0.3) is 0 Å². The van der Waals surface area contributed by atoms with Crippen molar-refractivity contribution in [1.29, 1.82) is 0 Å². The third kappa shape index (κ3) is 3.33. The molecule has 4 heteroatoms. The lowest BCUT2D eigenvalue weighted by Crippen LogP contribution is -2.52. The summed E-state index contributed by atoms with van der Waals surface area (Å²) in [5, 5.41) is 3.94. The van der Waals surface area contributed by atoms with Crippen LogP contribution in [-0.4, -0.2) is 54.7 Å². The third-order valence-corrected chi connectivity index (χ3v) is 3.97. The molecule has 3 nitrogen and oxygen atoms in total. The Morgan fingerprint density at radius 2 is 2.19 bits per heavy atom. The summed E-state index contributed by atoms with van der Waals surface area (Å²) in [4.78, 5) is 2.49. The van der Waals surface area contributed by atoms with Crippen molar-refractivity contribution in [3.8, 4) is 0 Å². The maximum atomic E-state index is 5.95. The molecule has 0 aromatic carbocycles. The van der Waals surface area contributed by atoms with Crippen LogP contribution in [0, 0.1) is 0 Å². The number of rotatable bonds is 4. The van der Waals surface area contributed by atoms with Gasteiger partial charge in [-0.05, 0) is 26.7 Å². The fourth-order valence-corrected chi connectivity index (χ4v) is 2.78. The zero-order valence-electron chi connectivity index (χ0n) is 10.3. The van der Waals surface area contributed by atoms with Gasteiger partial charge in [0.05, 0.1) is 12.7 Å². The van der Waals surface area contributed by atoms with Gasteiger partial charge in [0.15, 0.2) is 0 Å². The summed E-state index contributed by atoms with van der Waals surface area (Å²) in [6, 6.07) is 1.25. The van der Waals surface area contributed by atoms with Crippen LogP contribution in [0.15, 0.2) is 0 Å². The Morgan fingerprint density at radius 1 is 1.44 bits per heavy atom. The Kier molecular flexibility index (Phi) is 4.48. The van der Waals surface area contributed by atoms with Crippen molar-refractivity contribution in [3.05, 3.63) is 0 Å². The molecule has 1 N–H and O–H groups in total. The molecule has 0 aromatic heterocycles. The van der Waals surface area contributed by atoms with Crippen LogP contribution in [0.1, 0.15) is 26.7 Å². The number of hydrogen-bond acceptors (Lipinski definition) is 3. The van der Waals surface area contributed by atoms with Crippen LogP contribution >= 0.6 is 11.6 Å². The number of alkyl halides is 1. The second-order valence-corrected chi connectivity index (χ2v) is 5.87. The van der Waals surface area contributed by atoms with E-state index in [0.717, 1.165) is 39.1 Å². The zero-order valence-corrected chi connectivity index (χ0v) is 11.0. The molecule has 16 heavy (non-hydrogen) atoms. The van der Waals surface area contributed by atoms with Crippen LogP contribution in [0.4, 0.5) is 0 Å². The van der Waals surface area contributed by atoms with Crippen LogP contribution in [0.3, 0.4) is 0 Å². The molecule has 1 saturated carbocycles. The first-order valence-corrected chi connectivity index (χ1v) is 6.82. The molecule has 1 atom stereocenters. The molecule has 0 amide bonds. The highest BCUT2D eigenvalue weighted by molar-refractivity contribution is 6.21. The third-order valence-electron chi connectivity index (χ3n) is 3.62. The minimum absolute atomic E-state index is 0.352. The molecule has 2 aliphatic rings. The normalized spacial score (nSPS) is 36.4. The molecule has 0 bridgehead atoms. The van der Waals surface area contributed by atoms with E-state index in [0.29, 0.717) is 23.6 Å². The van der Waals surface area contributed by atoms with Gasteiger partial charge in [-0.2, -0.15) is 0 Å². The lowest BCUT2D eigenvalue weighted by atomic mass is 9.92. The summed E-state index contributed by atoms with van der Waals surface area (Å²) in [6.45, 7) is 8.47. The van der Waals surface area contributed by atoms with Crippen molar-refractivity contribution in [2.24, 2.45) is 0 Å². The van der Waals surface area contributed by atoms with E-state index in [9.17, 15) is 0 Å². The fraction of sp³-hybridized carbons (Fsp3) is 1.00. The standard InChI is InChI=1S/C12H23ClN2O/c1-9(2)15-3-4-16-12(8-15)7-14-11-5-10(13)6-11/h9-12,14H,3-8H2,1-2H3. The summed E-state index contributed by atoms with van der Waals surface area (Å²) in [5.74, 6) is 0. The summed E-state index contributed by atoms with van der Waals surface area (Å²) in [7, 11) is 0. The predicted octanol–water partition coefficient (Wildman–Crippen LogP) is 1.46. The van der Waals surface area contributed by atoms with Crippen molar-refractivity contribution < 1.29 is 4.74 Å². The van der Waals surface area contributed by atoms with E-state index in [1.54, 1.807) is 0 Å². The number of ether oxygens (including phenoxy) is 1. The van der Waals surface area contributed by atoms with Crippen molar-refractivity contribution in [1.82, 2.24) is 10.2 Å². The summed E-state index contributed by atoms with van der Waals surface area (Å²) < 4.78 is 5.77. The molecular weight excluding hydrogens is 224 g/mol. The summed E-state index contributed by atoms with van der Waals surface area (Å²) in [6.07, 6.45) is 2.58. The molecule has 1 unspecified atom stereocenters. The molecule has 94 valence electrons. The number of halogens is 1. The number of hydrogen-bond donors (Lipinski definition) is 1. The van der Waals surface area contributed by atoms with Crippen molar-refractivity contribution in [3.63, 3.8) is 0 Å². The second-order valence-electron chi connectivity index (χ2n) is 5.26. The monoisotopic (exact) mass is 246 g/mol. The number of morpholine rings is 1. The van der Waals surface area contributed by atoms with Gasteiger partial charge in [0.2, 0.25) is 0 Å². The Labute approximate surface area is 103 Å². The number of nitrogens with zero attached hydrogens (tertiary/aromatic N) is 1. The van der Waals surface area contributed by atoms with Crippen molar-refractivity contribution in [2.45, 2.75) is 50.3 Å². The van der Waals surface area contributed by atoms with Gasteiger partial charge < -0.3 is 10.1 Å². The van der Waals surface area contributed by atoms with Gasteiger partial charge >= 0.3 is 0 Å². The van der Waals surface area contributed by atoms with E-state index in [2.05, 4.69) is 24.1 Å². The molecule has 1 heterocycles. The number of nitrogens with one attached hydrogen (secondary N) is 1. The quantitative estimate of drug-likeness (QED) is 0.761. The average molecular weight is 247 g/mol. The highest BCUT2D eigenvalue weighted by Crippen LogP contribution is 2.25. The summed E-state index contributed by atoms with van der Waals surface area (Å²) >= 11 is 5.95. The van der Waals surface area contributed by atoms with E-state index >= 15 is 0 Å². The Hall–Kier alpha value is 0.170. The zero-order chi connectivity index (χ0) is 11.5. The van der Waals surface area contributed by atoms with Gasteiger partial charge in [-0.25, -0.2) is 0 Å². The van der Waals surface area contributed by atoms with E-state index in [4.69, 9.17) is 16.3 Å². The molecule has 1 aliphatic heterocycles. The summed E-state index contributed by atoms with van der Waals surface area (Å²) in [5.41, 5.74) is 0. The van der Waals surface area contributed by atoms with E-state index in [1.165, 1.54) is 0 Å². The SMILES string of the molecule is CC(C)N1CCOC(CNC2CC(Cl)C2)C1. The lowest BCUT2D eigenvalue weighted by Gasteiger charge is -2.38. The van der Waals surface area contributed by atoms with Gasteiger partial charge in [-0.15, -0.1) is 11.6 Å². The highest BCUT2D eigenvalue weighted by atomic mass is 35.5. The predicted molar refractivity (Wildman–Crippen MR) is 67.1 cm³/mol. The maximum Gasteiger partial charge on any atom is 0.0826 e. The molecule has 2 rings (SSSR count). The first kappa shape index (κ1) is 12.6. The van der Waals surface area contributed by atoms with Crippen LogP contribution in [0.2, 0.25) is 0 Å². The van der Waals surface area contributed by atoms with Gasteiger partial charge in [0, 0.05) is 37.1 Å². The average Bonchev–Trinajstić information content (AvgIpc) is 2.23. The first-order valence-electron chi connectivity index (χ1n) is 6.38. The topological polar surface area (TPSA) is 24.5 Å². The second kappa shape index (κ2) is 5.67. The molecule has 2 fully saturated rings. The molecule has 0 aromatic rings. The van der Waals surface area contributed by atoms with E-state index in [-0.39, 0.29) is 0 Å². The Morgan fingerprint density at radius 3 is 2.81 bits per heavy atom. The minimum Gasteiger partial charge on any atom is -0.374 e. The van der Waals surface area contributed by atoms with Crippen molar-refractivity contribution >= 4 is 11.6 Å². The molecule has 0 radical (unpaired) electrons. The van der Waals surface area contributed by atoms with Crippen LogP contribution in [0.25, 0.3) is 0 Å². The van der Waals surface area contributed by atoms with Gasteiger partial charge in [0.1, 0.15) is 0 Å². The molecule has 1 saturated heterocycles. The molecule has 1 aliphatic carbocycles. The van der Waals surface area contributed by atoms with E-state index in [1.807, 2.05) is 0 Å². The van der Waals surface area contributed by atoms with Crippen molar-refractivity contribution in [2.75, 3.05) is 26.2 Å². The van der Waals surface area contributed by atoms with E-state index < -0.39 is 0 Å². The maximum absolute atomic E-state index is 5.95. The largest absolute Gasteiger partial charge is 0.374 e. The van der Waals surface area contributed by atoms with Gasteiger partial charge in [-0.1, -0.05) is 0 Å². The van der Waals surface area contributed by atoms with Crippen LogP contribution in [0.5, 0.6) is 0 Å². The van der Waals surface area contributed by atoms with Gasteiger partial charge in [-0.3, -0.25) is 4.90 Å². The smallest absolute Gasteiger partial charge is 0.0826 e. The first-order chi connectivity index (χ1) is 7.65. The van der Waals surface area contributed by atoms with Crippen LogP contribution in [-0.2, 0) is 4.74 Å². The Balaban J connectivity index is 1.65. The molecule has 0 spiro atoms. The molecular formula is C12H23ClN2O.